The van der Waals surface area contributed by atoms with Gasteiger partial charge in [0.2, 0.25) is 0 Å². The highest BCUT2D eigenvalue weighted by Crippen LogP contribution is 2.26. The predicted octanol–water partition coefficient (Wildman–Crippen LogP) is 2.75. The van der Waals surface area contributed by atoms with E-state index in [1.807, 2.05) is 0 Å². The largest absolute Gasteiger partial charge is 0.481 e. The van der Waals surface area contributed by atoms with Crippen molar-refractivity contribution >= 4 is 5.97 Å². The Hall–Kier alpha value is -0.570. The molecular formula is C13H25NO2. The molecule has 0 aromatic heterocycles. The fraction of sp³-hybridized carbons (Fsp3) is 0.923. The van der Waals surface area contributed by atoms with Crippen molar-refractivity contribution in [3.63, 3.8) is 0 Å². The number of aliphatic carboxylic acids is 1. The number of carboxylic acids is 1. The average molecular weight is 227 g/mol. The molecule has 3 heteroatoms. The Balaban J connectivity index is 2.61. The molecule has 94 valence electrons. The third-order valence-electron chi connectivity index (χ3n) is 4.07. The molecule has 1 aliphatic heterocycles. The molecule has 0 saturated carbocycles. The van der Waals surface area contributed by atoms with Crippen LogP contribution in [0.5, 0.6) is 0 Å². The summed E-state index contributed by atoms with van der Waals surface area (Å²) in [4.78, 5) is 13.3. The second kappa shape index (κ2) is 6.24. The van der Waals surface area contributed by atoms with Crippen LogP contribution in [0.15, 0.2) is 0 Å². The van der Waals surface area contributed by atoms with Crippen LogP contribution in [0.3, 0.4) is 0 Å². The molecule has 1 aliphatic rings. The summed E-state index contributed by atoms with van der Waals surface area (Å²) < 4.78 is 0. The van der Waals surface area contributed by atoms with Gasteiger partial charge < -0.3 is 5.11 Å². The van der Waals surface area contributed by atoms with Crippen LogP contribution in [0.4, 0.5) is 0 Å². The van der Waals surface area contributed by atoms with E-state index in [4.69, 9.17) is 5.11 Å². The van der Waals surface area contributed by atoms with E-state index in [2.05, 4.69) is 25.7 Å². The van der Waals surface area contributed by atoms with E-state index in [9.17, 15) is 4.79 Å². The zero-order valence-electron chi connectivity index (χ0n) is 10.8. The summed E-state index contributed by atoms with van der Waals surface area (Å²) >= 11 is 0. The van der Waals surface area contributed by atoms with Gasteiger partial charge in [0.25, 0.3) is 0 Å². The molecular weight excluding hydrogens is 202 g/mol. The molecule has 16 heavy (non-hydrogen) atoms. The molecule has 3 atom stereocenters. The van der Waals surface area contributed by atoms with E-state index >= 15 is 0 Å². The van der Waals surface area contributed by atoms with Crippen LogP contribution >= 0.6 is 0 Å². The molecule has 0 bridgehead atoms. The van der Waals surface area contributed by atoms with Crippen LogP contribution in [-0.2, 0) is 4.79 Å². The van der Waals surface area contributed by atoms with Gasteiger partial charge in [-0.2, -0.15) is 0 Å². The highest BCUT2D eigenvalue weighted by Gasteiger charge is 2.29. The van der Waals surface area contributed by atoms with Gasteiger partial charge in [-0.05, 0) is 32.2 Å². The molecule has 0 spiro atoms. The van der Waals surface area contributed by atoms with E-state index < -0.39 is 5.97 Å². The Morgan fingerprint density at radius 3 is 2.69 bits per heavy atom. The maximum atomic E-state index is 10.8. The zero-order chi connectivity index (χ0) is 12.1. The molecule has 1 heterocycles. The third-order valence-corrected chi connectivity index (χ3v) is 4.07. The lowest BCUT2D eigenvalue weighted by molar-refractivity contribution is -0.139. The van der Waals surface area contributed by atoms with Crippen molar-refractivity contribution in [2.45, 2.75) is 65.0 Å². The first-order chi connectivity index (χ1) is 7.56. The fourth-order valence-electron chi connectivity index (χ4n) is 2.65. The first-order valence-electron chi connectivity index (χ1n) is 6.53. The topological polar surface area (TPSA) is 40.5 Å². The molecule has 1 fully saturated rings. The molecule has 3 nitrogen and oxygen atoms in total. The van der Waals surface area contributed by atoms with Gasteiger partial charge in [0.15, 0.2) is 0 Å². The minimum atomic E-state index is -0.659. The van der Waals surface area contributed by atoms with Crippen molar-refractivity contribution in [3.8, 4) is 0 Å². The lowest BCUT2D eigenvalue weighted by Crippen LogP contribution is -2.48. The summed E-state index contributed by atoms with van der Waals surface area (Å²) in [5, 5.41) is 8.93. The fourth-order valence-corrected chi connectivity index (χ4v) is 2.65. The summed E-state index contributed by atoms with van der Waals surface area (Å²) in [5.41, 5.74) is 0. The Kier molecular flexibility index (Phi) is 5.26. The molecule has 0 aromatic carbocycles. The first-order valence-corrected chi connectivity index (χ1v) is 6.53. The average Bonchev–Trinajstić information content (AvgIpc) is 2.27. The molecule has 0 aromatic rings. The minimum Gasteiger partial charge on any atom is -0.481 e. The number of likely N-dealkylation sites (tertiary alicyclic amines) is 1. The first kappa shape index (κ1) is 13.5. The van der Waals surface area contributed by atoms with Gasteiger partial charge in [-0.15, -0.1) is 0 Å². The van der Waals surface area contributed by atoms with Crippen molar-refractivity contribution in [1.29, 1.82) is 0 Å². The van der Waals surface area contributed by atoms with Crippen LogP contribution < -0.4 is 0 Å². The molecule has 1 N–H and O–H groups in total. The van der Waals surface area contributed by atoms with Gasteiger partial charge in [0.05, 0.1) is 6.42 Å². The van der Waals surface area contributed by atoms with Crippen LogP contribution in [0, 0.1) is 5.92 Å². The summed E-state index contributed by atoms with van der Waals surface area (Å²) in [5.74, 6) is -0.0114. The van der Waals surface area contributed by atoms with Crippen molar-refractivity contribution in [1.82, 2.24) is 4.90 Å². The molecule has 0 amide bonds. The predicted molar refractivity (Wildman–Crippen MR) is 65.5 cm³/mol. The SMILES string of the molecule is CCC(C)C(C)N1CCCCC1CC(=O)O. The molecule has 0 radical (unpaired) electrons. The van der Waals surface area contributed by atoms with Crippen molar-refractivity contribution in [2.24, 2.45) is 5.92 Å². The van der Waals surface area contributed by atoms with E-state index in [0.717, 1.165) is 19.4 Å². The molecule has 3 unspecified atom stereocenters. The van der Waals surface area contributed by atoms with E-state index in [0.29, 0.717) is 18.4 Å². The van der Waals surface area contributed by atoms with Gasteiger partial charge in [-0.1, -0.05) is 26.7 Å². The summed E-state index contributed by atoms with van der Waals surface area (Å²) in [6, 6.07) is 0.768. The molecule has 1 saturated heterocycles. The number of piperidine rings is 1. The summed E-state index contributed by atoms with van der Waals surface area (Å²) in [7, 11) is 0. The quantitative estimate of drug-likeness (QED) is 0.785. The number of rotatable bonds is 5. The highest BCUT2D eigenvalue weighted by atomic mass is 16.4. The van der Waals surface area contributed by atoms with Crippen molar-refractivity contribution in [2.75, 3.05) is 6.54 Å². The Bertz CT molecular complexity index is 230. The van der Waals surface area contributed by atoms with E-state index in [1.54, 1.807) is 0 Å². The normalized spacial score (nSPS) is 26.3. The summed E-state index contributed by atoms with van der Waals surface area (Å²) in [6.45, 7) is 7.78. The number of hydrogen-bond acceptors (Lipinski definition) is 2. The Labute approximate surface area is 98.8 Å². The second-order valence-electron chi connectivity index (χ2n) is 5.11. The van der Waals surface area contributed by atoms with E-state index in [1.165, 1.54) is 12.8 Å². The Morgan fingerprint density at radius 2 is 2.12 bits per heavy atom. The third kappa shape index (κ3) is 3.48. The standard InChI is InChI=1S/C13H25NO2/c1-4-10(2)11(3)14-8-6-5-7-12(14)9-13(15)16/h10-12H,4-9H2,1-3H3,(H,15,16). The minimum absolute atomic E-state index is 0.259. The highest BCUT2D eigenvalue weighted by molar-refractivity contribution is 5.67. The van der Waals surface area contributed by atoms with Gasteiger partial charge in [-0.25, -0.2) is 0 Å². The van der Waals surface area contributed by atoms with Crippen LogP contribution in [0.1, 0.15) is 52.9 Å². The second-order valence-corrected chi connectivity index (χ2v) is 5.11. The number of hydrogen-bond donors (Lipinski definition) is 1. The van der Waals surface area contributed by atoms with Gasteiger partial charge in [0, 0.05) is 12.1 Å². The monoisotopic (exact) mass is 227 g/mol. The molecule has 0 aliphatic carbocycles. The smallest absolute Gasteiger partial charge is 0.304 e. The van der Waals surface area contributed by atoms with Gasteiger partial charge in [0.1, 0.15) is 0 Å². The maximum absolute atomic E-state index is 10.8. The van der Waals surface area contributed by atoms with E-state index in [-0.39, 0.29) is 6.04 Å². The maximum Gasteiger partial charge on any atom is 0.304 e. The van der Waals surface area contributed by atoms with Gasteiger partial charge >= 0.3 is 5.97 Å². The van der Waals surface area contributed by atoms with Crippen LogP contribution in [-0.4, -0.2) is 34.6 Å². The summed E-state index contributed by atoms with van der Waals surface area (Å²) in [6.07, 6.45) is 4.92. The molecule has 1 rings (SSSR count). The van der Waals surface area contributed by atoms with Gasteiger partial charge in [-0.3, -0.25) is 9.69 Å². The van der Waals surface area contributed by atoms with Crippen molar-refractivity contribution in [3.05, 3.63) is 0 Å². The number of carboxylic acid groups (broad SMARTS) is 1. The Morgan fingerprint density at radius 1 is 1.44 bits per heavy atom. The lowest BCUT2D eigenvalue weighted by Gasteiger charge is -2.41. The number of nitrogens with zero attached hydrogens (tertiary/aromatic N) is 1. The van der Waals surface area contributed by atoms with Crippen molar-refractivity contribution < 1.29 is 9.90 Å². The number of carbonyl (C=O) groups is 1. The van der Waals surface area contributed by atoms with Crippen LogP contribution in [0.2, 0.25) is 0 Å². The lowest BCUT2D eigenvalue weighted by atomic mass is 9.92. The van der Waals surface area contributed by atoms with Crippen LogP contribution in [0.25, 0.3) is 0 Å². The zero-order valence-corrected chi connectivity index (χ0v) is 10.8.